The van der Waals surface area contributed by atoms with Crippen molar-refractivity contribution in [1.29, 1.82) is 0 Å². The van der Waals surface area contributed by atoms with Crippen LogP contribution in [0.1, 0.15) is 28.8 Å². The third-order valence-electron chi connectivity index (χ3n) is 3.62. The number of likely N-dealkylation sites (tertiary alicyclic amines) is 1. The number of benzene rings is 1. The lowest BCUT2D eigenvalue weighted by atomic mass is 10.1. The zero-order chi connectivity index (χ0) is 14.5. The summed E-state index contributed by atoms with van der Waals surface area (Å²) in [5, 5.41) is 2.70. The first kappa shape index (κ1) is 14.5. The highest BCUT2D eigenvalue weighted by Crippen LogP contribution is 2.20. The maximum absolute atomic E-state index is 11.8. The van der Waals surface area contributed by atoms with Gasteiger partial charge in [0.25, 0.3) is 5.91 Å². The molecule has 6 nitrogen and oxygen atoms in total. The van der Waals surface area contributed by atoms with E-state index in [4.69, 9.17) is 5.84 Å². The zero-order valence-corrected chi connectivity index (χ0v) is 11.6. The van der Waals surface area contributed by atoms with Crippen molar-refractivity contribution in [3.8, 4) is 0 Å². The summed E-state index contributed by atoms with van der Waals surface area (Å²) in [5.41, 5.74) is 3.65. The lowest BCUT2D eigenvalue weighted by molar-refractivity contribution is -0.125. The third-order valence-corrected chi connectivity index (χ3v) is 3.62. The Kier molecular flexibility index (Phi) is 4.70. The van der Waals surface area contributed by atoms with Crippen LogP contribution >= 0.6 is 0 Å². The number of amides is 2. The summed E-state index contributed by atoms with van der Waals surface area (Å²) in [6.45, 7) is 1.55. The Balaban J connectivity index is 2.09. The fourth-order valence-corrected chi connectivity index (χ4v) is 2.61. The Morgan fingerprint density at radius 3 is 2.95 bits per heavy atom. The summed E-state index contributed by atoms with van der Waals surface area (Å²) in [6, 6.07) is 7.22. The van der Waals surface area contributed by atoms with Gasteiger partial charge in [0.2, 0.25) is 5.91 Å². The molecule has 0 saturated carbocycles. The molecule has 1 aromatic carbocycles. The van der Waals surface area contributed by atoms with Gasteiger partial charge in [-0.3, -0.25) is 19.9 Å². The second-order valence-corrected chi connectivity index (χ2v) is 4.92. The quantitative estimate of drug-likeness (QED) is 0.410. The topological polar surface area (TPSA) is 87.5 Å². The molecular weight excluding hydrogens is 256 g/mol. The number of nitrogens with zero attached hydrogens (tertiary/aromatic N) is 1. The van der Waals surface area contributed by atoms with Crippen LogP contribution < -0.4 is 16.6 Å². The smallest absolute Gasteiger partial charge is 0.265 e. The average Bonchev–Trinajstić information content (AvgIpc) is 2.94. The summed E-state index contributed by atoms with van der Waals surface area (Å²) >= 11 is 0. The molecule has 0 spiro atoms. The molecule has 1 heterocycles. The molecule has 1 saturated heterocycles. The van der Waals surface area contributed by atoms with Gasteiger partial charge in [-0.2, -0.15) is 0 Å². The van der Waals surface area contributed by atoms with E-state index in [2.05, 4.69) is 15.6 Å². The maximum atomic E-state index is 11.8. The van der Waals surface area contributed by atoms with E-state index in [1.807, 2.05) is 12.1 Å². The Morgan fingerprint density at radius 2 is 2.25 bits per heavy atom. The molecule has 20 heavy (non-hydrogen) atoms. The molecule has 1 aliphatic heterocycles. The molecule has 4 N–H and O–H groups in total. The fourth-order valence-electron chi connectivity index (χ4n) is 2.61. The van der Waals surface area contributed by atoms with Gasteiger partial charge in [-0.1, -0.05) is 12.1 Å². The standard InChI is InChI=1S/C14H20N4O2/c1-16-14(20)12-6-3-7-18(12)9-10-4-2-5-11(8-10)13(19)17-15/h2,4-5,8,12H,3,6-7,9,15H2,1H3,(H,16,20)(H,17,19). The Hall–Kier alpha value is -1.92. The molecule has 1 unspecified atom stereocenters. The highest BCUT2D eigenvalue weighted by molar-refractivity contribution is 5.93. The molecule has 0 aliphatic carbocycles. The normalized spacial score (nSPS) is 18.8. The first-order valence-corrected chi connectivity index (χ1v) is 6.71. The predicted octanol–water partition coefficient (Wildman–Crippen LogP) is 0.000500. The number of likely N-dealkylation sites (N-methyl/N-ethyl adjacent to an activating group) is 1. The molecule has 0 radical (unpaired) electrons. The van der Waals surface area contributed by atoms with E-state index in [0.717, 1.165) is 24.9 Å². The van der Waals surface area contributed by atoms with Crippen LogP contribution in [0.25, 0.3) is 0 Å². The minimum absolute atomic E-state index is 0.0540. The van der Waals surface area contributed by atoms with Crippen molar-refractivity contribution < 1.29 is 9.59 Å². The summed E-state index contributed by atoms with van der Waals surface area (Å²) in [6.07, 6.45) is 1.89. The minimum Gasteiger partial charge on any atom is -0.358 e. The number of hydrogen-bond acceptors (Lipinski definition) is 4. The average molecular weight is 276 g/mol. The molecule has 108 valence electrons. The van der Waals surface area contributed by atoms with Gasteiger partial charge < -0.3 is 5.32 Å². The monoisotopic (exact) mass is 276 g/mol. The molecule has 6 heteroatoms. The number of carbonyl (C=O) groups excluding carboxylic acids is 2. The number of carbonyl (C=O) groups is 2. The van der Waals surface area contributed by atoms with Gasteiger partial charge in [0.1, 0.15) is 0 Å². The van der Waals surface area contributed by atoms with Gasteiger partial charge in [-0.25, -0.2) is 5.84 Å². The van der Waals surface area contributed by atoms with E-state index in [9.17, 15) is 9.59 Å². The first-order chi connectivity index (χ1) is 9.65. The lowest BCUT2D eigenvalue weighted by Gasteiger charge is -2.23. The number of nitrogens with one attached hydrogen (secondary N) is 2. The molecule has 1 aliphatic rings. The molecule has 1 aromatic rings. The SMILES string of the molecule is CNC(=O)C1CCCN1Cc1cccc(C(=O)NN)c1. The van der Waals surface area contributed by atoms with Crippen molar-refractivity contribution in [2.45, 2.75) is 25.4 Å². The van der Waals surface area contributed by atoms with Gasteiger partial charge in [0.15, 0.2) is 0 Å². The summed E-state index contributed by atoms with van der Waals surface area (Å²) in [5.74, 6) is 4.88. The van der Waals surface area contributed by atoms with Crippen molar-refractivity contribution in [1.82, 2.24) is 15.6 Å². The van der Waals surface area contributed by atoms with Crippen LogP contribution in [0.3, 0.4) is 0 Å². The summed E-state index contributed by atoms with van der Waals surface area (Å²) in [4.78, 5) is 25.4. The van der Waals surface area contributed by atoms with Gasteiger partial charge in [0, 0.05) is 19.2 Å². The van der Waals surface area contributed by atoms with Crippen molar-refractivity contribution in [2.75, 3.05) is 13.6 Å². The van der Waals surface area contributed by atoms with Crippen molar-refractivity contribution >= 4 is 11.8 Å². The van der Waals surface area contributed by atoms with Crippen molar-refractivity contribution in [3.63, 3.8) is 0 Å². The highest BCUT2D eigenvalue weighted by Gasteiger charge is 2.29. The molecule has 0 aromatic heterocycles. The summed E-state index contributed by atoms with van der Waals surface area (Å²) < 4.78 is 0. The van der Waals surface area contributed by atoms with Crippen LogP contribution in [0.4, 0.5) is 0 Å². The fraction of sp³-hybridized carbons (Fsp3) is 0.429. The molecule has 1 fully saturated rings. The van der Waals surface area contributed by atoms with Crippen LogP contribution in [-0.4, -0.2) is 36.3 Å². The van der Waals surface area contributed by atoms with Crippen molar-refractivity contribution in [2.24, 2.45) is 5.84 Å². The Morgan fingerprint density at radius 1 is 1.45 bits per heavy atom. The van der Waals surface area contributed by atoms with Gasteiger partial charge in [-0.15, -0.1) is 0 Å². The molecule has 0 bridgehead atoms. The van der Waals surface area contributed by atoms with Crippen LogP contribution in [0.15, 0.2) is 24.3 Å². The second-order valence-electron chi connectivity index (χ2n) is 4.92. The van der Waals surface area contributed by atoms with Crippen LogP contribution in [-0.2, 0) is 11.3 Å². The number of hydrogen-bond donors (Lipinski definition) is 3. The van der Waals surface area contributed by atoms with Crippen LogP contribution in [0, 0.1) is 0 Å². The van der Waals surface area contributed by atoms with Gasteiger partial charge >= 0.3 is 0 Å². The maximum Gasteiger partial charge on any atom is 0.265 e. The molecule has 2 rings (SSSR count). The molecule has 2 amide bonds. The highest BCUT2D eigenvalue weighted by atomic mass is 16.2. The van der Waals surface area contributed by atoms with Crippen LogP contribution in [0.2, 0.25) is 0 Å². The van der Waals surface area contributed by atoms with E-state index in [-0.39, 0.29) is 17.9 Å². The molecule has 1 atom stereocenters. The summed E-state index contributed by atoms with van der Waals surface area (Å²) in [7, 11) is 1.66. The Labute approximate surface area is 118 Å². The third kappa shape index (κ3) is 3.15. The molecular formula is C14H20N4O2. The van der Waals surface area contributed by atoms with Gasteiger partial charge in [0.05, 0.1) is 6.04 Å². The number of hydrazine groups is 1. The minimum atomic E-state index is -0.309. The largest absolute Gasteiger partial charge is 0.358 e. The number of rotatable bonds is 4. The van der Waals surface area contributed by atoms with E-state index in [1.165, 1.54) is 0 Å². The van der Waals surface area contributed by atoms with E-state index in [1.54, 1.807) is 19.2 Å². The van der Waals surface area contributed by atoms with E-state index < -0.39 is 0 Å². The Bertz CT molecular complexity index is 504. The lowest BCUT2D eigenvalue weighted by Crippen LogP contribution is -2.41. The second kappa shape index (κ2) is 6.49. The zero-order valence-electron chi connectivity index (χ0n) is 11.6. The number of nitrogens with two attached hydrogens (primary N) is 1. The van der Waals surface area contributed by atoms with Crippen molar-refractivity contribution in [3.05, 3.63) is 35.4 Å². The number of nitrogen functional groups attached to an aromatic ring is 1. The van der Waals surface area contributed by atoms with E-state index in [0.29, 0.717) is 12.1 Å². The van der Waals surface area contributed by atoms with Crippen LogP contribution in [0.5, 0.6) is 0 Å². The first-order valence-electron chi connectivity index (χ1n) is 6.71. The predicted molar refractivity (Wildman–Crippen MR) is 75.6 cm³/mol. The van der Waals surface area contributed by atoms with Gasteiger partial charge in [-0.05, 0) is 37.1 Å². The van der Waals surface area contributed by atoms with E-state index >= 15 is 0 Å².